The molecule has 2 aliphatic heterocycles. The first-order valence-electron chi connectivity index (χ1n) is 11.1. The Morgan fingerprint density at radius 2 is 2.12 bits per heavy atom. The van der Waals surface area contributed by atoms with Gasteiger partial charge in [0.2, 0.25) is 11.7 Å². The van der Waals surface area contributed by atoms with Crippen molar-refractivity contribution in [3.63, 3.8) is 0 Å². The second-order valence-corrected chi connectivity index (χ2v) is 8.46. The molecule has 0 radical (unpaired) electrons. The van der Waals surface area contributed by atoms with Gasteiger partial charge in [-0.25, -0.2) is 0 Å². The third kappa shape index (κ3) is 7.03. The van der Waals surface area contributed by atoms with Crippen LogP contribution >= 0.6 is 35.6 Å². The number of rotatable bonds is 7. The summed E-state index contributed by atoms with van der Waals surface area (Å²) in [7, 11) is 0. The molecule has 0 spiro atoms. The third-order valence-corrected chi connectivity index (χ3v) is 5.91. The van der Waals surface area contributed by atoms with Gasteiger partial charge in [-0.05, 0) is 31.4 Å². The SMILES string of the molecule is CCNC(=NCCc1nc(-c2cccc(Cl)c2)no1)N1CCC(CN2CCOCC2)C1.I. The van der Waals surface area contributed by atoms with Crippen LogP contribution in [0.1, 0.15) is 19.2 Å². The van der Waals surface area contributed by atoms with Crippen LogP contribution in [0.4, 0.5) is 0 Å². The number of nitrogens with one attached hydrogen (secondary N) is 1. The van der Waals surface area contributed by atoms with Crippen LogP contribution in [0.15, 0.2) is 33.8 Å². The monoisotopic (exact) mass is 574 g/mol. The van der Waals surface area contributed by atoms with Crippen molar-refractivity contribution in [1.29, 1.82) is 0 Å². The van der Waals surface area contributed by atoms with Crippen molar-refractivity contribution in [3.05, 3.63) is 35.2 Å². The summed E-state index contributed by atoms with van der Waals surface area (Å²) in [6, 6.07) is 7.46. The highest BCUT2D eigenvalue weighted by Crippen LogP contribution is 2.20. The lowest BCUT2D eigenvalue weighted by Gasteiger charge is -2.29. The summed E-state index contributed by atoms with van der Waals surface area (Å²) in [6.07, 6.45) is 1.81. The molecule has 1 N–H and O–H groups in total. The molecule has 0 bridgehead atoms. The van der Waals surface area contributed by atoms with Gasteiger partial charge in [-0.1, -0.05) is 28.9 Å². The van der Waals surface area contributed by atoms with Gasteiger partial charge in [0.05, 0.1) is 19.8 Å². The average Bonchev–Trinajstić information content (AvgIpc) is 3.44. The van der Waals surface area contributed by atoms with Crippen molar-refractivity contribution in [2.75, 3.05) is 59.0 Å². The Hall–Kier alpha value is -1.43. The molecule has 1 atom stereocenters. The number of halogens is 2. The van der Waals surface area contributed by atoms with Crippen molar-refractivity contribution < 1.29 is 9.26 Å². The molecular weight excluding hydrogens is 543 g/mol. The number of likely N-dealkylation sites (tertiary alicyclic amines) is 1. The van der Waals surface area contributed by atoms with Gasteiger partial charge in [0.1, 0.15) is 0 Å². The van der Waals surface area contributed by atoms with E-state index in [9.17, 15) is 0 Å². The Balaban J connectivity index is 0.00000289. The van der Waals surface area contributed by atoms with Crippen LogP contribution in [0.25, 0.3) is 11.4 Å². The van der Waals surface area contributed by atoms with Crippen molar-refractivity contribution in [3.8, 4) is 11.4 Å². The van der Waals surface area contributed by atoms with Gasteiger partial charge in [-0.15, -0.1) is 24.0 Å². The van der Waals surface area contributed by atoms with E-state index in [-0.39, 0.29) is 24.0 Å². The van der Waals surface area contributed by atoms with E-state index >= 15 is 0 Å². The second-order valence-electron chi connectivity index (χ2n) is 8.02. The molecule has 3 heterocycles. The fraction of sp³-hybridized carbons (Fsp3) is 0.591. The Bertz CT molecular complexity index is 874. The fourth-order valence-corrected chi connectivity index (χ4v) is 4.30. The van der Waals surface area contributed by atoms with Crippen LogP contribution in [0.2, 0.25) is 5.02 Å². The molecule has 32 heavy (non-hydrogen) atoms. The quantitative estimate of drug-likeness (QED) is 0.309. The number of nitrogens with zero attached hydrogens (tertiary/aromatic N) is 5. The molecule has 0 aliphatic carbocycles. The van der Waals surface area contributed by atoms with E-state index in [0.29, 0.717) is 35.6 Å². The topological polar surface area (TPSA) is 79.0 Å². The fourth-order valence-electron chi connectivity index (χ4n) is 4.11. The van der Waals surface area contributed by atoms with Gasteiger partial charge in [0, 0.05) is 56.3 Å². The van der Waals surface area contributed by atoms with Gasteiger partial charge in [-0.2, -0.15) is 4.98 Å². The highest BCUT2D eigenvalue weighted by atomic mass is 127. The van der Waals surface area contributed by atoms with Crippen molar-refractivity contribution >= 4 is 41.5 Å². The largest absolute Gasteiger partial charge is 0.379 e. The highest BCUT2D eigenvalue weighted by molar-refractivity contribution is 14.0. The molecule has 2 aliphatic rings. The standard InChI is InChI=1S/C22H31ClN6O2.HI/c1-2-24-22(29-9-7-17(16-29)15-28-10-12-30-13-11-28)25-8-6-20-26-21(27-31-20)18-4-3-5-19(23)14-18;/h3-5,14,17H,2,6-13,15-16H2,1H3,(H,24,25);1H. The smallest absolute Gasteiger partial charge is 0.228 e. The molecule has 4 rings (SSSR count). The van der Waals surface area contributed by atoms with Gasteiger partial charge in [-0.3, -0.25) is 9.89 Å². The van der Waals surface area contributed by atoms with Gasteiger partial charge >= 0.3 is 0 Å². The van der Waals surface area contributed by atoms with Crippen LogP contribution in [-0.4, -0.2) is 84.9 Å². The number of benzene rings is 1. The van der Waals surface area contributed by atoms with E-state index in [2.05, 4.69) is 32.2 Å². The van der Waals surface area contributed by atoms with Crippen LogP contribution in [-0.2, 0) is 11.2 Å². The van der Waals surface area contributed by atoms with Gasteiger partial charge in [0.15, 0.2) is 5.96 Å². The molecule has 176 valence electrons. The van der Waals surface area contributed by atoms with E-state index in [1.54, 1.807) is 0 Å². The van der Waals surface area contributed by atoms with Crippen LogP contribution in [0, 0.1) is 5.92 Å². The minimum absolute atomic E-state index is 0. The number of hydrogen-bond acceptors (Lipinski definition) is 6. The molecule has 8 nitrogen and oxygen atoms in total. The van der Waals surface area contributed by atoms with Crippen molar-refractivity contribution in [2.24, 2.45) is 10.9 Å². The lowest BCUT2D eigenvalue weighted by atomic mass is 10.1. The maximum Gasteiger partial charge on any atom is 0.228 e. The van der Waals surface area contributed by atoms with Crippen molar-refractivity contribution in [1.82, 2.24) is 25.3 Å². The first-order valence-corrected chi connectivity index (χ1v) is 11.5. The molecule has 1 aromatic heterocycles. The van der Waals surface area contributed by atoms with E-state index in [4.69, 9.17) is 25.9 Å². The van der Waals surface area contributed by atoms with Gasteiger partial charge in [0.25, 0.3) is 0 Å². The first kappa shape index (κ1) is 25.2. The number of morpholine rings is 1. The Morgan fingerprint density at radius 1 is 1.28 bits per heavy atom. The minimum atomic E-state index is 0. The average molecular weight is 575 g/mol. The van der Waals surface area contributed by atoms with E-state index < -0.39 is 0 Å². The molecule has 1 unspecified atom stereocenters. The normalized spacial score (nSPS) is 19.8. The number of hydrogen-bond donors (Lipinski definition) is 1. The summed E-state index contributed by atoms with van der Waals surface area (Å²) in [5.74, 6) is 2.79. The Labute approximate surface area is 211 Å². The second kappa shape index (κ2) is 12.7. The Kier molecular flexibility index (Phi) is 10.0. The number of aliphatic imine (C=N–C) groups is 1. The first-order chi connectivity index (χ1) is 15.2. The predicted octanol–water partition coefficient (Wildman–Crippen LogP) is 3.17. The van der Waals surface area contributed by atoms with E-state index in [0.717, 1.165) is 64.0 Å². The predicted molar refractivity (Wildman–Crippen MR) is 137 cm³/mol. The number of aromatic nitrogens is 2. The highest BCUT2D eigenvalue weighted by Gasteiger charge is 2.27. The van der Waals surface area contributed by atoms with Crippen LogP contribution < -0.4 is 5.32 Å². The summed E-state index contributed by atoms with van der Waals surface area (Å²) >= 11 is 6.05. The Morgan fingerprint density at radius 3 is 2.91 bits per heavy atom. The number of ether oxygens (including phenoxy) is 1. The summed E-state index contributed by atoms with van der Waals surface area (Å²) in [4.78, 5) is 14.2. The zero-order valence-electron chi connectivity index (χ0n) is 18.5. The maximum atomic E-state index is 6.05. The maximum absolute atomic E-state index is 6.05. The molecule has 2 aromatic rings. The lowest BCUT2D eigenvalue weighted by Crippen LogP contribution is -2.42. The number of guanidine groups is 1. The van der Waals surface area contributed by atoms with Crippen molar-refractivity contribution in [2.45, 2.75) is 19.8 Å². The third-order valence-electron chi connectivity index (χ3n) is 5.68. The molecule has 10 heteroatoms. The molecule has 1 aromatic carbocycles. The molecule has 2 saturated heterocycles. The molecule has 2 fully saturated rings. The summed E-state index contributed by atoms with van der Waals surface area (Å²) in [5.41, 5.74) is 0.850. The minimum Gasteiger partial charge on any atom is -0.379 e. The van der Waals surface area contributed by atoms with Crippen LogP contribution in [0.5, 0.6) is 0 Å². The summed E-state index contributed by atoms with van der Waals surface area (Å²) < 4.78 is 10.9. The van der Waals surface area contributed by atoms with E-state index in [1.807, 2.05) is 24.3 Å². The van der Waals surface area contributed by atoms with Crippen LogP contribution in [0.3, 0.4) is 0 Å². The molecule has 0 amide bonds. The molecular formula is C22H32ClIN6O2. The van der Waals surface area contributed by atoms with Gasteiger partial charge < -0.3 is 19.5 Å². The zero-order valence-corrected chi connectivity index (χ0v) is 21.6. The summed E-state index contributed by atoms with van der Waals surface area (Å²) in [5, 5.41) is 8.16. The zero-order chi connectivity index (χ0) is 21.5. The lowest BCUT2D eigenvalue weighted by molar-refractivity contribution is 0.0315. The summed E-state index contributed by atoms with van der Waals surface area (Å²) in [6.45, 7) is 10.6. The van der Waals surface area contributed by atoms with E-state index in [1.165, 1.54) is 6.42 Å². The molecule has 0 saturated carbocycles.